The van der Waals surface area contributed by atoms with Crippen LogP contribution in [-0.2, 0) is 15.7 Å². The van der Waals surface area contributed by atoms with Gasteiger partial charge in [0.1, 0.15) is 4.70 Å². The highest BCUT2D eigenvalue weighted by molar-refractivity contribution is 7.22. The van der Waals surface area contributed by atoms with Crippen molar-refractivity contribution in [1.29, 1.82) is 0 Å². The molecule has 2 aliphatic heterocycles. The second kappa shape index (κ2) is 6.86. The molecular weight excluding hydrogens is 427 g/mol. The Morgan fingerprint density at radius 2 is 1.93 bits per heavy atom. The van der Waals surface area contributed by atoms with Crippen molar-refractivity contribution < 1.29 is 27.6 Å². The molecule has 162 valence electrons. The number of ether oxygens (including phenoxy) is 2. The normalized spacial score (nSPS) is 20.8. The molecule has 0 aliphatic carbocycles. The van der Waals surface area contributed by atoms with E-state index < -0.39 is 44.7 Å². The second-order valence-electron chi connectivity index (χ2n) is 7.98. The Morgan fingerprint density at radius 1 is 1.27 bits per heavy atom. The number of hydrogen-bond donors (Lipinski definition) is 0. The summed E-state index contributed by atoms with van der Waals surface area (Å²) in [5.74, 6) is -0.713. The molecule has 12 heteroatoms. The standard InChI is InChI=1S/C18H18F3N3O5S/c1-16(2)9-28-17(29-16)3-5-23(6-4-17)15-22-14(25)11-7-10(18(19,20)21)8-12(24(26)27)13(11)30-15/h7-8H,3-6,9H2,1-2H3. The molecule has 0 atom stereocenters. The van der Waals surface area contributed by atoms with Gasteiger partial charge in [0.25, 0.3) is 11.2 Å². The lowest BCUT2D eigenvalue weighted by atomic mass is 10.0. The predicted molar refractivity (Wildman–Crippen MR) is 103 cm³/mol. The van der Waals surface area contributed by atoms with Gasteiger partial charge in [-0.15, -0.1) is 0 Å². The van der Waals surface area contributed by atoms with Crippen LogP contribution in [0.15, 0.2) is 16.9 Å². The van der Waals surface area contributed by atoms with Crippen molar-refractivity contribution >= 4 is 32.2 Å². The summed E-state index contributed by atoms with van der Waals surface area (Å²) in [4.78, 5) is 28.6. The van der Waals surface area contributed by atoms with Crippen LogP contribution in [0.2, 0.25) is 0 Å². The summed E-state index contributed by atoms with van der Waals surface area (Å²) in [5.41, 5.74) is -3.34. The van der Waals surface area contributed by atoms with Crippen LogP contribution in [-0.4, -0.2) is 41.0 Å². The summed E-state index contributed by atoms with van der Waals surface area (Å²) >= 11 is 0.837. The van der Waals surface area contributed by atoms with Gasteiger partial charge in [0, 0.05) is 32.0 Å². The van der Waals surface area contributed by atoms with Crippen LogP contribution in [0.1, 0.15) is 32.3 Å². The maximum Gasteiger partial charge on any atom is 0.416 e. The van der Waals surface area contributed by atoms with E-state index in [-0.39, 0.29) is 9.83 Å². The maximum atomic E-state index is 13.1. The first-order valence-corrected chi connectivity index (χ1v) is 10.0. The average molecular weight is 445 g/mol. The molecule has 30 heavy (non-hydrogen) atoms. The van der Waals surface area contributed by atoms with E-state index in [1.807, 2.05) is 13.8 Å². The van der Waals surface area contributed by atoms with Gasteiger partial charge in [-0.05, 0) is 19.9 Å². The molecule has 0 bridgehead atoms. The molecule has 2 saturated heterocycles. The van der Waals surface area contributed by atoms with Gasteiger partial charge in [-0.1, -0.05) is 11.3 Å². The fourth-order valence-corrected chi connectivity index (χ4v) is 4.85. The fraction of sp³-hybridized carbons (Fsp3) is 0.556. The van der Waals surface area contributed by atoms with Crippen LogP contribution >= 0.6 is 11.3 Å². The lowest BCUT2D eigenvalue weighted by Crippen LogP contribution is -2.46. The molecule has 2 fully saturated rings. The molecule has 0 saturated carbocycles. The first-order chi connectivity index (χ1) is 13.9. The molecule has 2 aromatic rings. The zero-order valence-electron chi connectivity index (χ0n) is 16.1. The van der Waals surface area contributed by atoms with Crippen molar-refractivity contribution in [3.8, 4) is 0 Å². The highest BCUT2D eigenvalue weighted by Crippen LogP contribution is 2.41. The van der Waals surface area contributed by atoms with Crippen molar-refractivity contribution in [1.82, 2.24) is 4.98 Å². The van der Waals surface area contributed by atoms with Crippen LogP contribution in [0, 0.1) is 10.1 Å². The number of fused-ring (bicyclic) bond motifs is 1. The van der Waals surface area contributed by atoms with Crippen LogP contribution in [0.25, 0.3) is 10.1 Å². The molecule has 0 amide bonds. The molecule has 2 aliphatic rings. The number of piperidine rings is 1. The van der Waals surface area contributed by atoms with Crippen LogP contribution < -0.4 is 10.5 Å². The summed E-state index contributed by atoms with van der Waals surface area (Å²) in [7, 11) is 0. The maximum absolute atomic E-state index is 13.1. The monoisotopic (exact) mass is 445 g/mol. The van der Waals surface area contributed by atoms with E-state index in [9.17, 15) is 28.1 Å². The molecule has 0 N–H and O–H groups in total. The first-order valence-electron chi connectivity index (χ1n) is 9.19. The highest BCUT2D eigenvalue weighted by Gasteiger charge is 2.47. The largest absolute Gasteiger partial charge is 0.416 e. The van der Waals surface area contributed by atoms with Gasteiger partial charge in [-0.3, -0.25) is 14.9 Å². The third-order valence-corrected chi connectivity index (χ3v) is 6.32. The Balaban J connectivity index is 1.69. The van der Waals surface area contributed by atoms with Crippen molar-refractivity contribution in [2.45, 2.75) is 44.3 Å². The minimum Gasteiger partial charge on any atom is -0.348 e. The molecule has 0 unspecified atom stereocenters. The Morgan fingerprint density at radius 3 is 2.47 bits per heavy atom. The number of rotatable bonds is 2. The highest BCUT2D eigenvalue weighted by atomic mass is 32.1. The summed E-state index contributed by atoms with van der Waals surface area (Å²) in [6.45, 7) is 5.18. The van der Waals surface area contributed by atoms with Gasteiger partial charge in [0.15, 0.2) is 10.9 Å². The van der Waals surface area contributed by atoms with E-state index in [4.69, 9.17) is 9.47 Å². The molecule has 4 rings (SSSR count). The molecular formula is C18H18F3N3O5S. The van der Waals surface area contributed by atoms with E-state index in [1.165, 1.54) is 0 Å². The van der Waals surface area contributed by atoms with Gasteiger partial charge in [0.05, 0.1) is 28.1 Å². The predicted octanol–water partition coefficient (Wildman–Crippen LogP) is 3.71. The van der Waals surface area contributed by atoms with Crippen molar-refractivity contribution in [2.24, 2.45) is 0 Å². The van der Waals surface area contributed by atoms with Crippen LogP contribution in [0.5, 0.6) is 0 Å². The SMILES string of the molecule is CC1(C)COC2(CCN(c3nc(=O)c4cc(C(F)(F)F)cc([N+](=O)[O-])c4s3)CC2)O1. The molecule has 1 spiro atoms. The van der Waals surface area contributed by atoms with Gasteiger partial charge in [-0.2, -0.15) is 18.2 Å². The summed E-state index contributed by atoms with van der Waals surface area (Å²) in [5, 5.41) is 11.2. The molecule has 1 aromatic heterocycles. The Bertz CT molecular complexity index is 1080. The number of nitro benzene ring substituents is 1. The number of halogens is 3. The molecule has 3 heterocycles. The minimum absolute atomic E-state index is 0.127. The lowest BCUT2D eigenvalue weighted by Gasteiger charge is -2.38. The number of benzene rings is 1. The molecule has 8 nitrogen and oxygen atoms in total. The van der Waals surface area contributed by atoms with Crippen molar-refractivity contribution in [3.63, 3.8) is 0 Å². The number of nitrogens with zero attached hydrogens (tertiary/aromatic N) is 3. The topological polar surface area (TPSA) is 94.8 Å². The van der Waals surface area contributed by atoms with Gasteiger partial charge >= 0.3 is 6.18 Å². The Kier molecular flexibility index (Phi) is 4.79. The minimum atomic E-state index is -4.81. The van der Waals surface area contributed by atoms with E-state index >= 15 is 0 Å². The summed E-state index contributed by atoms with van der Waals surface area (Å²) < 4.78 is 51.0. The van der Waals surface area contributed by atoms with Gasteiger partial charge in [-0.25, -0.2) is 0 Å². The smallest absolute Gasteiger partial charge is 0.348 e. The average Bonchev–Trinajstić information content (AvgIpc) is 2.95. The van der Waals surface area contributed by atoms with Crippen LogP contribution in [0.4, 0.5) is 24.0 Å². The van der Waals surface area contributed by atoms with Gasteiger partial charge in [0.2, 0.25) is 0 Å². The zero-order chi connectivity index (χ0) is 21.9. The Hall–Kier alpha value is -2.31. The summed E-state index contributed by atoms with van der Waals surface area (Å²) in [6, 6.07) is 1.07. The quantitative estimate of drug-likeness (QED) is 0.514. The van der Waals surface area contributed by atoms with E-state index in [0.29, 0.717) is 44.7 Å². The fourth-order valence-electron chi connectivity index (χ4n) is 3.73. The number of anilines is 1. The van der Waals surface area contributed by atoms with Crippen molar-refractivity contribution in [3.05, 3.63) is 38.2 Å². The summed E-state index contributed by atoms with van der Waals surface area (Å²) in [6.07, 6.45) is -3.80. The molecule has 1 aromatic carbocycles. The Labute approximate surface area is 172 Å². The molecule has 0 radical (unpaired) electrons. The zero-order valence-corrected chi connectivity index (χ0v) is 16.9. The van der Waals surface area contributed by atoms with Gasteiger partial charge < -0.3 is 14.4 Å². The third kappa shape index (κ3) is 3.74. The number of alkyl halides is 3. The van der Waals surface area contributed by atoms with E-state index in [2.05, 4.69) is 4.98 Å². The van der Waals surface area contributed by atoms with Crippen molar-refractivity contribution in [2.75, 3.05) is 24.6 Å². The van der Waals surface area contributed by atoms with E-state index in [1.54, 1.807) is 4.90 Å². The second-order valence-corrected chi connectivity index (χ2v) is 8.95. The van der Waals surface area contributed by atoms with Crippen LogP contribution in [0.3, 0.4) is 0 Å². The van der Waals surface area contributed by atoms with E-state index in [0.717, 1.165) is 11.3 Å². The number of non-ortho nitro benzene ring substituents is 1. The number of hydrogen-bond acceptors (Lipinski definition) is 8. The first kappa shape index (κ1) is 20.9. The lowest BCUT2D eigenvalue weighted by molar-refractivity contribution is -0.383. The third-order valence-electron chi connectivity index (χ3n) is 5.16. The number of nitro groups is 1. The number of aromatic nitrogens is 1.